The number of aryl methyl sites for hydroxylation is 2. The molecule has 37 heavy (non-hydrogen) atoms. The summed E-state index contributed by atoms with van der Waals surface area (Å²) in [5.74, 6) is -1.95. The quantitative estimate of drug-likeness (QED) is 0.190. The summed E-state index contributed by atoms with van der Waals surface area (Å²) in [4.78, 5) is 15.1. The first-order valence-corrected chi connectivity index (χ1v) is 11.2. The molecule has 0 aliphatic heterocycles. The molecule has 10 heteroatoms. The first-order chi connectivity index (χ1) is 17.4. The van der Waals surface area contributed by atoms with Crippen molar-refractivity contribution >= 4 is 46.5 Å². The van der Waals surface area contributed by atoms with Crippen molar-refractivity contribution in [3.8, 4) is 17.3 Å². The molecule has 0 unspecified atom stereocenters. The largest absolute Gasteiger partial charge is 0.506 e. The number of rotatable bonds is 5. The van der Waals surface area contributed by atoms with E-state index in [4.69, 9.17) is 16.7 Å². The molecule has 1 aromatic heterocycles. The predicted octanol–water partition coefficient (Wildman–Crippen LogP) is 7.09. The Kier molecular flexibility index (Phi) is 6.75. The number of fused-ring (bicyclic) bond motifs is 1. The molecule has 4 aromatic rings. The summed E-state index contributed by atoms with van der Waals surface area (Å²) in [5, 5.41) is 30.2. The monoisotopic (exact) mass is 528 g/mol. The van der Waals surface area contributed by atoms with Gasteiger partial charge in [-0.05, 0) is 73.0 Å². The number of aliphatic carboxylic acids is 1. The average Bonchev–Trinajstić information content (AvgIpc) is 3.10. The third-order valence-corrected chi connectivity index (χ3v) is 6.16. The lowest BCUT2D eigenvalue weighted by Crippen LogP contribution is -2.05. The van der Waals surface area contributed by atoms with Gasteiger partial charge in [0.05, 0.1) is 16.6 Å². The highest BCUT2D eigenvalue weighted by atomic mass is 35.5. The lowest BCUT2D eigenvalue weighted by molar-refractivity contribution is -0.137. The smallest absolute Gasteiger partial charge is 0.416 e. The van der Waals surface area contributed by atoms with Crippen LogP contribution < -0.4 is 0 Å². The van der Waals surface area contributed by atoms with Gasteiger partial charge in [0.15, 0.2) is 0 Å². The molecule has 190 valence electrons. The van der Waals surface area contributed by atoms with Gasteiger partial charge >= 0.3 is 12.1 Å². The van der Waals surface area contributed by atoms with E-state index in [-0.39, 0.29) is 28.4 Å². The van der Waals surface area contributed by atoms with E-state index in [1.807, 2.05) is 19.9 Å². The van der Waals surface area contributed by atoms with Crippen LogP contribution in [0.2, 0.25) is 0 Å². The molecular formula is C27H20ClF3N2O4. The van der Waals surface area contributed by atoms with Gasteiger partial charge in [-0.15, -0.1) is 0 Å². The number of aliphatic imine (C=N–C) groups is 1. The molecule has 0 atom stereocenters. The zero-order valence-corrected chi connectivity index (χ0v) is 20.3. The van der Waals surface area contributed by atoms with Crippen molar-refractivity contribution in [1.29, 1.82) is 0 Å². The molecule has 6 nitrogen and oxygen atoms in total. The maximum Gasteiger partial charge on any atom is 0.416 e. The van der Waals surface area contributed by atoms with Crippen LogP contribution in [0.15, 0.2) is 64.6 Å². The van der Waals surface area contributed by atoms with Crippen molar-refractivity contribution in [2.75, 3.05) is 0 Å². The Bertz CT molecular complexity index is 1600. The minimum absolute atomic E-state index is 0.0852. The van der Waals surface area contributed by atoms with Gasteiger partial charge in [0, 0.05) is 17.3 Å². The summed E-state index contributed by atoms with van der Waals surface area (Å²) in [7, 11) is 0. The number of carbonyl (C=O) groups is 1. The summed E-state index contributed by atoms with van der Waals surface area (Å²) in [6.07, 6.45) is -2.18. The molecular weight excluding hydrogens is 509 g/mol. The van der Waals surface area contributed by atoms with E-state index >= 15 is 0 Å². The van der Waals surface area contributed by atoms with Crippen molar-refractivity contribution < 1.29 is 33.3 Å². The predicted molar refractivity (Wildman–Crippen MR) is 136 cm³/mol. The number of halogens is 4. The number of nitrogens with zero attached hydrogens (tertiary/aromatic N) is 2. The molecule has 0 aliphatic carbocycles. The molecule has 0 saturated carbocycles. The van der Waals surface area contributed by atoms with Gasteiger partial charge < -0.3 is 15.3 Å². The minimum Gasteiger partial charge on any atom is -0.506 e. The Hall–Kier alpha value is -4.24. The van der Waals surface area contributed by atoms with E-state index in [1.165, 1.54) is 35.0 Å². The van der Waals surface area contributed by atoms with Gasteiger partial charge in [0.1, 0.15) is 16.5 Å². The van der Waals surface area contributed by atoms with Gasteiger partial charge in [-0.25, -0.2) is 4.79 Å². The standard InChI is InChI=1S/C27H20ClF3N2O4/c1-14-3-6-18(9-15(14)2)33-23-12-17(27(29,30)31)5-7-19(23)20(25(33)35)13-32-22-8-4-16(11-24(22)34)10-21(28)26(36)37/h3-13,34-35H,1-2H3,(H,36,37). The summed E-state index contributed by atoms with van der Waals surface area (Å²) in [6.45, 7) is 3.76. The molecule has 1 heterocycles. The average molecular weight is 529 g/mol. The van der Waals surface area contributed by atoms with Gasteiger partial charge in [-0.2, -0.15) is 13.2 Å². The Morgan fingerprint density at radius 1 is 1.00 bits per heavy atom. The number of phenolic OH excluding ortho intramolecular Hbond substituents is 1. The van der Waals surface area contributed by atoms with Crippen LogP contribution >= 0.6 is 11.6 Å². The zero-order valence-electron chi connectivity index (χ0n) is 19.5. The Morgan fingerprint density at radius 3 is 2.35 bits per heavy atom. The van der Waals surface area contributed by atoms with E-state index in [0.29, 0.717) is 16.6 Å². The van der Waals surface area contributed by atoms with E-state index in [9.17, 15) is 28.2 Å². The van der Waals surface area contributed by atoms with Crippen LogP contribution in [0.5, 0.6) is 11.6 Å². The number of phenols is 1. The number of aromatic nitrogens is 1. The van der Waals surface area contributed by atoms with E-state index < -0.39 is 22.7 Å². The van der Waals surface area contributed by atoms with Crippen molar-refractivity contribution in [2.24, 2.45) is 4.99 Å². The van der Waals surface area contributed by atoms with Crippen molar-refractivity contribution in [2.45, 2.75) is 20.0 Å². The summed E-state index contributed by atoms with van der Waals surface area (Å²) >= 11 is 5.62. The second-order valence-electron chi connectivity index (χ2n) is 8.37. The Balaban J connectivity index is 1.85. The van der Waals surface area contributed by atoms with E-state index in [1.54, 1.807) is 12.1 Å². The van der Waals surface area contributed by atoms with Crippen molar-refractivity contribution in [3.05, 3.63) is 87.4 Å². The number of carboxylic acids is 1. The fraction of sp³-hybridized carbons (Fsp3) is 0.111. The number of hydrogen-bond acceptors (Lipinski definition) is 4. The number of hydrogen-bond donors (Lipinski definition) is 3. The number of carboxylic acid groups (broad SMARTS) is 1. The Morgan fingerprint density at radius 2 is 1.73 bits per heavy atom. The van der Waals surface area contributed by atoms with Crippen LogP contribution in [0.3, 0.4) is 0 Å². The summed E-state index contributed by atoms with van der Waals surface area (Å²) < 4.78 is 41.7. The fourth-order valence-electron chi connectivity index (χ4n) is 3.81. The molecule has 4 rings (SSSR count). The molecule has 0 radical (unpaired) electrons. The fourth-order valence-corrected chi connectivity index (χ4v) is 3.94. The molecule has 0 fully saturated rings. The second kappa shape index (κ2) is 9.67. The third kappa shape index (κ3) is 5.17. The highest BCUT2D eigenvalue weighted by molar-refractivity contribution is 6.43. The second-order valence-corrected chi connectivity index (χ2v) is 8.78. The molecule has 0 amide bonds. The van der Waals surface area contributed by atoms with Crippen LogP contribution in [-0.4, -0.2) is 32.1 Å². The molecule has 0 bridgehead atoms. The molecule has 3 N–H and O–H groups in total. The topological polar surface area (TPSA) is 95.0 Å². The molecule has 0 saturated heterocycles. The molecule has 0 spiro atoms. The number of alkyl halides is 3. The van der Waals surface area contributed by atoms with Crippen LogP contribution in [0.4, 0.5) is 18.9 Å². The molecule has 3 aromatic carbocycles. The lowest BCUT2D eigenvalue weighted by Gasteiger charge is -2.11. The van der Waals surface area contributed by atoms with Crippen molar-refractivity contribution in [3.63, 3.8) is 0 Å². The highest BCUT2D eigenvalue weighted by Gasteiger charge is 2.31. The highest BCUT2D eigenvalue weighted by Crippen LogP contribution is 2.38. The lowest BCUT2D eigenvalue weighted by atomic mass is 10.1. The minimum atomic E-state index is -4.58. The number of aromatic hydroxyl groups is 2. The third-order valence-electron chi connectivity index (χ3n) is 5.89. The van der Waals surface area contributed by atoms with Crippen LogP contribution in [0, 0.1) is 13.8 Å². The maximum atomic E-state index is 13.5. The van der Waals surface area contributed by atoms with Gasteiger partial charge in [-0.3, -0.25) is 9.56 Å². The van der Waals surface area contributed by atoms with Gasteiger partial charge in [0.25, 0.3) is 0 Å². The van der Waals surface area contributed by atoms with E-state index in [2.05, 4.69) is 4.99 Å². The summed E-state index contributed by atoms with van der Waals surface area (Å²) in [6, 6.07) is 12.6. The van der Waals surface area contributed by atoms with Gasteiger partial charge in [-0.1, -0.05) is 29.8 Å². The maximum absolute atomic E-state index is 13.5. The van der Waals surface area contributed by atoms with Crippen LogP contribution in [-0.2, 0) is 11.0 Å². The zero-order chi connectivity index (χ0) is 27.1. The van der Waals surface area contributed by atoms with Crippen LogP contribution in [0.1, 0.15) is 27.8 Å². The SMILES string of the molecule is Cc1ccc(-n2c(O)c(C=Nc3ccc(C=C(Cl)C(=O)O)cc3O)c3ccc(C(F)(F)F)cc32)cc1C. The van der Waals surface area contributed by atoms with E-state index in [0.717, 1.165) is 29.3 Å². The number of benzene rings is 3. The normalized spacial score (nSPS) is 12.5. The van der Waals surface area contributed by atoms with Gasteiger partial charge in [0.2, 0.25) is 5.88 Å². The first-order valence-electron chi connectivity index (χ1n) is 10.9. The van der Waals surface area contributed by atoms with Crippen molar-refractivity contribution in [1.82, 2.24) is 4.57 Å². The summed E-state index contributed by atoms with van der Waals surface area (Å²) in [5.41, 5.74) is 2.16. The Labute approximate surface area is 214 Å². The first kappa shape index (κ1) is 25.8. The molecule has 0 aliphatic rings. The van der Waals surface area contributed by atoms with Crippen LogP contribution in [0.25, 0.3) is 22.7 Å².